The number of hydrogen-bond donors (Lipinski definition) is 0. The summed E-state index contributed by atoms with van der Waals surface area (Å²) in [4.78, 5) is 1.41. The predicted octanol–water partition coefficient (Wildman–Crippen LogP) is 3.65. The molecule has 76 valence electrons. The van der Waals surface area contributed by atoms with Gasteiger partial charge in [-0.3, -0.25) is 0 Å². The molecule has 1 heterocycles. The molecule has 0 atom stereocenters. The van der Waals surface area contributed by atoms with Crippen LogP contribution in [0.25, 0.3) is 0 Å². The van der Waals surface area contributed by atoms with E-state index in [1.165, 1.54) is 10.5 Å². The van der Waals surface area contributed by atoms with Gasteiger partial charge in [0.05, 0.1) is 5.54 Å². The van der Waals surface area contributed by atoms with E-state index in [1.54, 1.807) is 0 Å². The van der Waals surface area contributed by atoms with Crippen molar-refractivity contribution in [2.24, 2.45) is 0 Å². The maximum Gasteiger partial charge on any atom is 0.0523 e. The lowest BCUT2D eigenvalue weighted by molar-refractivity contribution is 0.221. The number of hydrogen-bond acceptors (Lipinski definition) is 2. The Morgan fingerprint density at radius 2 is 1.86 bits per heavy atom. The van der Waals surface area contributed by atoms with Gasteiger partial charge in [-0.05, 0) is 51.3 Å². The van der Waals surface area contributed by atoms with Crippen LogP contribution >= 0.6 is 11.9 Å². The van der Waals surface area contributed by atoms with Gasteiger partial charge in [0, 0.05) is 10.9 Å². The van der Waals surface area contributed by atoms with Crippen LogP contribution in [-0.4, -0.2) is 10.3 Å². The molecule has 1 aliphatic rings. The quantitative estimate of drug-likeness (QED) is 0.647. The van der Waals surface area contributed by atoms with Crippen LogP contribution in [0.15, 0.2) is 29.2 Å². The molecule has 2 heteroatoms. The summed E-state index contributed by atoms with van der Waals surface area (Å²) in [6.07, 6.45) is 0. The van der Waals surface area contributed by atoms with Crippen LogP contribution in [0.1, 0.15) is 33.3 Å². The van der Waals surface area contributed by atoms with E-state index >= 15 is 0 Å². The van der Waals surface area contributed by atoms with Gasteiger partial charge in [0.15, 0.2) is 0 Å². The summed E-state index contributed by atoms with van der Waals surface area (Å²) < 4.78 is 2.47. The number of nitrogens with zero attached hydrogens (tertiary/aromatic N) is 1. The molecule has 0 N–H and O–H groups in total. The summed E-state index contributed by atoms with van der Waals surface area (Å²) in [5.74, 6) is 0. The first-order chi connectivity index (χ1) is 6.53. The van der Waals surface area contributed by atoms with Crippen molar-refractivity contribution >= 4 is 11.9 Å². The number of benzene rings is 1. The molecule has 0 bridgehead atoms. The molecule has 0 aromatic heterocycles. The molecule has 0 saturated carbocycles. The third kappa shape index (κ3) is 1.37. The first-order valence-corrected chi connectivity index (χ1v) is 5.87. The van der Waals surface area contributed by atoms with Gasteiger partial charge in [-0.1, -0.05) is 18.2 Å². The Hall–Kier alpha value is -0.470. The van der Waals surface area contributed by atoms with Crippen LogP contribution < -0.4 is 0 Å². The van der Waals surface area contributed by atoms with Gasteiger partial charge >= 0.3 is 0 Å². The average Bonchev–Trinajstić information content (AvgIpc) is 2.39. The predicted molar refractivity (Wildman–Crippen MR) is 62.3 cm³/mol. The van der Waals surface area contributed by atoms with Crippen LogP contribution in [0.5, 0.6) is 0 Å². The van der Waals surface area contributed by atoms with E-state index in [4.69, 9.17) is 0 Å². The Labute approximate surface area is 90.6 Å². The topological polar surface area (TPSA) is 3.24 Å². The molecule has 0 spiro atoms. The Morgan fingerprint density at radius 1 is 1.21 bits per heavy atom. The number of rotatable bonds is 1. The minimum absolute atomic E-state index is 0.162. The fourth-order valence-corrected chi connectivity index (χ4v) is 3.45. The Kier molecular flexibility index (Phi) is 2.36. The second-order valence-electron chi connectivity index (χ2n) is 4.57. The molecule has 1 aromatic carbocycles. The van der Waals surface area contributed by atoms with E-state index in [0.29, 0.717) is 6.04 Å². The first kappa shape index (κ1) is 10.1. The fraction of sp³-hybridized carbons (Fsp3) is 0.500. The Morgan fingerprint density at radius 3 is 2.43 bits per heavy atom. The molecule has 0 radical (unpaired) electrons. The van der Waals surface area contributed by atoms with Gasteiger partial charge in [0.2, 0.25) is 0 Å². The molecular formula is C12H17NS. The van der Waals surface area contributed by atoms with Crippen LogP contribution in [0, 0.1) is 0 Å². The van der Waals surface area contributed by atoms with Crippen molar-refractivity contribution in [3.05, 3.63) is 29.8 Å². The molecule has 0 saturated heterocycles. The van der Waals surface area contributed by atoms with Crippen molar-refractivity contribution in [3.8, 4) is 0 Å². The van der Waals surface area contributed by atoms with Gasteiger partial charge in [-0.25, -0.2) is 4.31 Å². The van der Waals surface area contributed by atoms with Crippen molar-refractivity contribution in [3.63, 3.8) is 0 Å². The van der Waals surface area contributed by atoms with E-state index in [0.717, 1.165) is 0 Å². The maximum atomic E-state index is 2.47. The van der Waals surface area contributed by atoms with Crippen molar-refractivity contribution in [2.45, 2.75) is 44.2 Å². The molecule has 2 rings (SSSR count). The van der Waals surface area contributed by atoms with Crippen molar-refractivity contribution in [1.82, 2.24) is 4.31 Å². The highest BCUT2D eigenvalue weighted by atomic mass is 32.2. The Bertz CT molecular complexity index is 344. The van der Waals surface area contributed by atoms with Gasteiger partial charge in [0.1, 0.15) is 0 Å². The highest BCUT2D eigenvalue weighted by Gasteiger charge is 2.39. The molecule has 1 aromatic rings. The molecule has 0 amide bonds. The lowest BCUT2D eigenvalue weighted by atomic mass is 9.93. The van der Waals surface area contributed by atoms with Crippen LogP contribution in [0.2, 0.25) is 0 Å². The van der Waals surface area contributed by atoms with Crippen molar-refractivity contribution in [2.75, 3.05) is 0 Å². The minimum Gasteiger partial charge on any atom is -0.234 e. The van der Waals surface area contributed by atoms with Crippen LogP contribution in [-0.2, 0) is 5.54 Å². The zero-order chi connectivity index (χ0) is 10.3. The second kappa shape index (κ2) is 3.28. The normalized spacial score (nSPS) is 20.1. The standard InChI is InChI=1S/C12H17NS/c1-9(2)13-12(3,4)10-7-5-6-8-11(10)14-13/h5-9H,1-4H3. The van der Waals surface area contributed by atoms with Gasteiger partial charge < -0.3 is 0 Å². The first-order valence-electron chi connectivity index (χ1n) is 5.10. The third-order valence-electron chi connectivity index (χ3n) is 2.76. The SMILES string of the molecule is CC(C)N1Sc2ccccc2C1(C)C. The van der Waals surface area contributed by atoms with E-state index in [9.17, 15) is 0 Å². The zero-order valence-electron chi connectivity index (χ0n) is 9.24. The van der Waals surface area contributed by atoms with Crippen LogP contribution in [0.3, 0.4) is 0 Å². The Balaban J connectivity index is 2.45. The largest absolute Gasteiger partial charge is 0.234 e. The van der Waals surface area contributed by atoms with Gasteiger partial charge in [-0.2, -0.15) is 0 Å². The van der Waals surface area contributed by atoms with E-state index in [-0.39, 0.29) is 5.54 Å². The molecular weight excluding hydrogens is 190 g/mol. The molecule has 0 aliphatic carbocycles. The molecule has 14 heavy (non-hydrogen) atoms. The summed E-state index contributed by atoms with van der Waals surface area (Å²) in [7, 11) is 0. The van der Waals surface area contributed by atoms with E-state index in [2.05, 4.69) is 56.3 Å². The maximum absolute atomic E-state index is 2.47. The average molecular weight is 207 g/mol. The van der Waals surface area contributed by atoms with Crippen molar-refractivity contribution in [1.29, 1.82) is 0 Å². The third-order valence-corrected chi connectivity index (χ3v) is 4.39. The summed E-state index contributed by atoms with van der Waals surface area (Å²) in [5.41, 5.74) is 1.62. The molecule has 0 unspecified atom stereocenters. The lowest BCUT2D eigenvalue weighted by Crippen LogP contribution is -2.36. The summed E-state index contributed by atoms with van der Waals surface area (Å²) in [6, 6.07) is 9.27. The molecule has 1 aliphatic heterocycles. The smallest absolute Gasteiger partial charge is 0.0523 e. The van der Waals surface area contributed by atoms with Crippen LogP contribution in [0.4, 0.5) is 0 Å². The zero-order valence-corrected chi connectivity index (χ0v) is 10.1. The lowest BCUT2D eigenvalue weighted by Gasteiger charge is -2.33. The second-order valence-corrected chi connectivity index (χ2v) is 5.58. The van der Waals surface area contributed by atoms with Crippen molar-refractivity contribution < 1.29 is 0 Å². The molecule has 1 nitrogen and oxygen atoms in total. The van der Waals surface area contributed by atoms with Gasteiger partial charge in [0.25, 0.3) is 0 Å². The number of fused-ring (bicyclic) bond motifs is 1. The summed E-state index contributed by atoms with van der Waals surface area (Å²) >= 11 is 1.88. The monoisotopic (exact) mass is 207 g/mol. The van der Waals surface area contributed by atoms with Gasteiger partial charge in [-0.15, -0.1) is 0 Å². The fourth-order valence-electron chi connectivity index (χ4n) is 2.14. The molecule has 0 fully saturated rings. The highest BCUT2D eigenvalue weighted by Crippen LogP contribution is 2.48. The minimum atomic E-state index is 0.162. The van der Waals surface area contributed by atoms with E-state index in [1.807, 2.05) is 11.9 Å². The highest BCUT2D eigenvalue weighted by molar-refractivity contribution is 7.97. The summed E-state index contributed by atoms with van der Waals surface area (Å²) in [5, 5.41) is 0. The summed E-state index contributed by atoms with van der Waals surface area (Å²) in [6.45, 7) is 9.10. The van der Waals surface area contributed by atoms with E-state index < -0.39 is 0 Å².